The number of nitrogens with one attached hydrogen (secondary N) is 2. The Hall–Kier alpha value is -1.93. The van der Waals surface area contributed by atoms with Crippen LogP contribution in [0.3, 0.4) is 0 Å². The summed E-state index contributed by atoms with van der Waals surface area (Å²) < 4.78 is 27.2. The van der Waals surface area contributed by atoms with Crippen LogP contribution in [0, 0.1) is 6.92 Å². The zero-order valence-corrected chi connectivity index (χ0v) is 17.1. The van der Waals surface area contributed by atoms with Crippen LogP contribution >= 0.6 is 0 Å². The van der Waals surface area contributed by atoms with Gasteiger partial charge in [-0.2, -0.15) is 4.31 Å². The highest BCUT2D eigenvalue weighted by Gasteiger charge is 2.27. The molecule has 8 heteroatoms. The van der Waals surface area contributed by atoms with Gasteiger partial charge in [0.25, 0.3) is 5.91 Å². The van der Waals surface area contributed by atoms with Crippen molar-refractivity contribution in [2.45, 2.75) is 57.4 Å². The zero-order valence-electron chi connectivity index (χ0n) is 16.2. The molecule has 1 aromatic rings. The van der Waals surface area contributed by atoms with E-state index in [0.717, 1.165) is 25.7 Å². The number of rotatable bonds is 7. The summed E-state index contributed by atoms with van der Waals surface area (Å²) in [7, 11) is -3.62. The second-order valence-electron chi connectivity index (χ2n) is 6.93. The maximum Gasteiger partial charge on any atom is 0.252 e. The van der Waals surface area contributed by atoms with Crippen LogP contribution in [0.2, 0.25) is 0 Å². The van der Waals surface area contributed by atoms with Crippen molar-refractivity contribution in [3.05, 3.63) is 29.3 Å². The number of aryl methyl sites for hydroxylation is 1. The number of nitrogens with zero attached hydrogens (tertiary/aromatic N) is 1. The minimum atomic E-state index is -3.62. The summed E-state index contributed by atoms with van der Waals surface area (Å²) in [5.74, 6) is -0.720. The second kappa shape index (κ2) is 9.32. The molecule has 0 saturated carbocycles. The lowest BCUT2D eigenvalue weighted by Crippen LogP contribution is -2.45. The van der Waals surface area contributed by atoms with E-state index in [9.17, 15) is 18.0 Å². The molecule has 1 aliphatic rings. The van der Waals surface area contributed by atoms with Crippen molar-refractivity contribution in [3.63, 3.8) is 0 Å². The van der Waals surface area contributed by atoms with Crippen molar-refractivity contribution >= 4 is 21.8 Å². The van der Waals surface area contributed by atoms with E-state index in [0.29, 0.717) is 25.2 Å². The number of benzene rings is 1. The summed E-state index contributed by atoms with van der Waals surface area (Å²) >= 11 is 0. The van der Waals surface area contributed by atoms with Gasteiger partial charge in [-0.15, -0.1) is 0 Å². The molecule has 27 heavy (non-hydrogen) atoms. The van der Waals surface area contributed by atoms with Gasteiger partial charge in [-0.25, -0.2) is 8.42 Å². The Morgan fingerprint density at radius 3 is 2.48 bits per heavy atom. The number of sulfonamides is 1. The molecule has 1 saturated heterocycles. The molecule has 1 aromatic carbocycles. The first kappa shape index (κ1) is 21.4. The molecule has 0 bridgehead atoms. The first-order chi connectivity index (χ1) is 12.8. The van der Waals surface area contributed by atoms with Gasteiger partial charge >= 0.3 is 0 Å². The summed E-state index contributed by atoms with van der Waals surface area (Å²) in [6.07, 6.45) is 3.54. The second-order valence-corrected chi connectivity index (χ2v) is 8.87. The average molecular weight is 396 g/mol. The van der Waals surface area contributed by atoms with E-state index in [1.165, 1.54) is 16.4 Å². The van der Waals surface area contributed by atoms with Gasteiger partial charge in [0.05, 0.1) is 4.90 Å². The van der Waals surface area contributed by atoms with Crippen LogP contribution in [0.5, 0.6) is 0 Å². The van der Waals surface area contributed by atoms with Crippen molar-refractivity contribution in [3.8, 4) is 0 Å². The molecule has 0 radical (unpaired) electrons. The zero-order chi connectivity index (χ0) is 20.0. The van der Waals surface area contributed by atoms with Crippen LogP contribution in [0.1, 0.15) is 55.5 Å². The maximum absolute atomic E-state index is 12.9. The Morgan fingerprint density at radius 2 is 1.85 bits per heavy atom. The van der Waals surface area contributed by atoms with Gasteiger partial charge < -0.3 is 10.6 Å². The topological polar surface area (TPSA) is 95.6 Å². The van der Waals surface area contributed by atoms with Crippen molar-refractivity contribution in [2.24, 2.45) is 0 Å². The van der Waals surface area contributed by atoms with Crippen LogP contribution in [0.25, 0.3) is 0 Å². The fourth-order valence-electron chi connectivity index (χ4n) is 3.00. The van der Waals surface area contributed by atoms with Gasteiger partial charge in [0.1, 0.15) is 6.04 Å². The van der Waals surface area contributed by atoms with Crippen LogP contribution in [0.15, 0.2) is 23.1 Å². The fraction of sp³-hybridized carbons (Fsp3) is 0.579. The van der Waals surface area contributed by atoms with Gasteiger partial charge in [0.2, 0.25) is 15.9 Å². The highest BCUT2D eigenvalue weighted by atomic mass is 32.2. The Kier molecular flexibility index (Phi) is 7.38. The van der Waals surface area contributed by atoms with Gasteiger partial charge in [0, 0.05) is 25.2 Å². The molecule has 0 spiro atoms. The molecule has 1 aliphatic heterocycles. The standard InChI is InChI=1S/C19H29N3O4S/c1-4-10-20-18(23)15(3)21-19(24)17-13-16(9-8-14(17)2)27(25,26)22-11-6-5-7-12-22/h8-9,13,15H,4-7,10-12H2,1-3H3,(H,20,23)(H,21,24)/t15-/m0/s1. The average Bonchev–Trinajstić information content (AvgIpc) is 2.66. The first-order valence-electron chi connectivity index (χ1n) is 9.46. The normalized spacial score (nSPS) is 16.6. The highest BCUT2D eigenvalue weighted by molar-refractivity contribution is 7.89. The lowest BCUT2D eigenvalue weighted by molar-refractivity contribution is -0.122. The summed E-state index contributed by atoms with van der Waals surface area (Å²) in [5, 5.41) is 5.37. The molecule has 150 valence electrons. The predicted molar refractivity (Wildman–Crippen MR) is 104 cm³/mol. The van der Waals surface area contributed by atoms with E-state index < -0.39 is 22.0 Å². The number of amides is 2. The summed E-state index contributed by atoms with van der Waals surface area (Å²) in [5.41, 5.74) is 0.925. The molecule has 1 heterocycles. The number of hydrogen-bond donors (Lipinski definition) is 2. The van der Waals surface area contributed by atoms with Crippen LogP contribution in [-0.2, 0) is 14.8 Å². The molecule has 2 amide bonds. The molecule has 0 unspecified atom stereocenters. The highest BCUT2D eigenvalue weighted by Crippen LogP contribution is 2.23. The SMILES string of the molecule is CCCNC(=O)[C@H](C)NC(=O)c1cc(S(=O)(=O)N2CCCCC2)ccc1C. The minimum absolute atomic E-state index is 0.114. The third-order valence-electron chi connectivity index (χ3n) is 4.70. The van der Waals surface area contributed by atoms with E-state index in [-0.39, 0.29) is 16.4 Å². The van der Waals surface area contributed by atoms with Crippen LogP contribution in [0.4, 0.5) is 0 Å². The van der Waals surface area contributed by atoms with Crippen molar-refractivity contribution in [1.82, 2.24) is 14.9 Å². The third-order valence-corrected chi connectivity index (χ3v) is 6.59. The van der Waals surface area contributed by atoms with E-state index in [4.69, 9.17) is 0 Å². The maximum atomic E-state index is 12.9. The lowest BCUT2D eigenvalue weighted by Gasteiger charge is -2.26. The molecule has 0 aromatic heterocycles. The summed E-state index contributed by atoms with van der Waals surface area (Å²) in [6, 6.07) is 3.87. The molecule has 1 fully saturated rings. The van der Waals surface area contributed by atoms with Gasteiger partial charge in [-0.1, -0.05) is 19.4 Å². The largest absolute Gasteiger partial charge is 0.354 e. The van der Waals surface area contributed by atoms with Gasteiger partial charge in [-0.3, -0.25) is 9.59 Å². The van der Waals surface area contributed by atoms with Crippen molar-refractivity contribution < 1.29 is 18.0 Å². The Balaban J connectivity index is 2.19. The Bertz CT molecular complexity index is 786. The summed E-state index contributed by atoms with van der Waals surface area (Å²) in [6.45, 7) is 6.85. The molecular weight excluding hydrogens is 366 g/mol. The number of carbonyl (C=O) groups is 2. The molecule has 7 nitrogen and oxygen atoms in total. The molecule has 2 N–H and O–H groups in total. The van der Waals surface area contributed by atoms with Crippen molar-refractivity contribution in [1.29, 1.82) is 0 Å². The smallest absolute Gasteiger partial charge is 0.252 e. The third kappa shape index (κ3) is 5.29. The lowest BCUT2D eigenvalue weighted by atomic mass is 10.1. The Morgan fingerprint density at radius 1 is 1.19 bits per heavy atom. The van der Waals surface area contributed by atoms with Crippen LogP contribution < -0.4 is 10.6 Å². The van der Waals surface area contributed by atoms with Gasteiger partial charge in [-0.05, 0) is 50.8 Å². The molecular formula is C19H29N3O4S. The number of carbonyl (C=O) groups excluding carboxylic acids is 2. The molecule has 2 rings (SSSR count). The van der Waals surface area contributed by atoms with E-state index in [1.54, 1.807) is 19.9 Å². The monoisotopic (exact) mass is 395 g/mol. The van der Waals surface area contributed by atoms with Crippen LogP contribution in [-0.4, -0.2) is 50.2 Å². The minimum Gasteiger partial charge on any atom is -0.354 e. The van der Waals surface area contributed by atoms with E-state index >= 15 is 0 Å². The van der Waals surface area contributed by atoms with E-state index in [1.807, 2.05) is 6.92 Å². The first-order valence-corrected chi connectivity index (χ1v) is 10.9. The van der Waals surface area contributed by atoms with E-state index in [2.05, 4.69) is 10.6 Å². The molecule has 1 atom stereocenters. The Labute approximate surface area is 161 Å². The summed E-state index contributed by atoms with van der Waals surface area (Å²) in [4.78, 5) is 24.7. The predicted octanol–water partition coefficient (Wildman–Crippen LogP) is 1.81. The molecule has 0 aliphatic carbocycles. The van der Waals surface area contributed by atoms with Gasteiger partial charge in [0.15, 0.2) is 0 Å². The van der Waals surface area contributed by atoms with Crippen molar-refractivity contribution in [2.75, 3.05) is 19.6 Å². The fourth-order valence-corrected chi connectivity index (χ4v) is 4.55. The number of hydrogen-bond acceptors (Lipinski definition) is 4. The number of piperidine rings is 1. The quantitative estimate of drug-likeness (QED) is 0.736.